The highest BCUT2D eigenvalue weighted by Gasteiger charge is 2.50. The van der Waals surface area contributed by atoms with E-state index in [0.29, 0.717) is 31.6 Å². The van der Waals surface area contributed by atoms with Gasteiger partial charge in [0.1, 0.15) is 11.4 Å². The van der Waals surface area contributed by atoms with E-state index in [9.17, 15) is 9.59 Å². The molecule has 3 aromatic rings. The number of hydrogen-bond acceptors (Lipinski definition) is 4. The Kier molecular flexibility index (Phi) is 7.21. The number of para-hydroxylation sites is 2. The lowest BCUT2D eigenvalue weighted by molar-refractivity contribution is -0.140. The van der Waals surface area contributed by atoms with Crippen LogP contribution in [-0.2, 0) is 15.0 Å². The van der Waals surface area contributed by atoms with Crippen LogP contribution in [0.1, 0.15) is 83.1 Å². The number of nitrogens with one attached hydrogen (secondary N) is 1. The number of rotatable bonds is 8. The Labute approximate surface area is 244 Å². The van der Waals surface area contributed by atoms with Crippen LogP contribution >= 0.6 is 0 Å². The predicted molar refractivity (Wildman–Crippen MR) is 163 cm³/mol. The van der Waals surface area contributed by atoms with Crippen LogP contribution in [0.3, 0.4) is 0 Å². The molecule has 2 amide bonds. The van der Waals surface area contributed by atoms with Gasteiger partial charge < -0.3 is 14.8 Å². The van der Waals surface area contributed by atoms with E-state index in [4.69, 9.17) is 4.98 Å². The van der Waals surface area contributed by atoms with Crippen molar-refractivity contribution in [1.82, 2.24) is 24.7 Å². The van der Waals surface area contributed by atoms with Crippen molar-refractivity contribution in [2.24, 2.45) is 0 Å². The molecule has 7 nitrogen and oxygen atoms in total. The Bertz CT molecular complexity index is 1410. The molecule has 4 heterocycles. The van der Waals surface area contributed by atoms with Crippen molar-refractivity contribution in [3.63, 3.8) is 0 Å². The number of nitrogens with zero attached hydrogens (tertiary/aromatic N) is 4. The van der Waals surface area contributed by atoms with E-state index in [1.165, 1.54) is 30.3 Å². The van der Waals surface area contributed by atoms with E-state index in [1.807, 2.05) is 4.90 Å². The van der Waals surface area contributed by atoms with Crippen molar-refractivity contribution >= 4 is 23.4 Å². The minimum Gasteiger partial charge on any atom is -0.345 e. The molecule has 3 aliphatic heterocycles. The molecule has 2 bridgehead atoms. The van der Waals surface area contributed by atoms with Gasteiger partial charge in [-0.3, -0.25) is 14.5 Å². The van der Waals surface area contributed by atoms with Crippen LogP contribution in [0.15, 0.2) is 54.6 Å². The molecule has 2 aromatic carbocycles. The summed E-state index contributed by atoms with van der Waals surface area (Å²) < 4.78 is 2.52. The first-order valence-corrected chi connectivity index (χ1v) is 15.4. The van der Waals surface area contributed by atoms with Crippen molar-refractivity contribution in [2.75, 3.05) is 19.6 Å². The number of benzene rings is 2. The van der Waals surface area contributed by atoms with Crippen LogP contribution in [0.2, 0.25) is 0 Å². The summed E-state index contributed by atoms with van der Waals surface area (Å²) >= 11 is 0. The molecular formula is C34H45N5O2. The number of likely N-dealkylation sites (tertiary alicyclic amines) is 1. The summed E-state index contributed by atoms with van der Waals surface area (Å²) in [5.74, 6) is 1.13. The lowest BCUT2D eigenvalue weighted by atomic mass is 9.70. The van der Waals surface area contributed by atoms with Gasteiger partial charge in [0.05, 0.1) is 11.0 Å². The Hall–Kier alpha value is -3.19. The number of aryl methyl sites for hydroxylation is 1. The van der Waals surface area contributed by atoms with Gasteiger partial charge in [0.15, 0.2) is 0 Å². The zero-order chi connectivity index (χ0) is 28.8. The fourth-order valence-electron chi connectivity index (χ4n) is 8.41. The summed E-state index contributed by atoms with van der Waals surface area (Å²) in [6.45, 7) is 10.7. The summed E-state index contributed by atoms with van der Waals surface area (Å²) in [4.78, 5) is 34.0. The minimum atomic E-state index is -0.883. The quantitative estimate of drug-likeness (QED) is 0.379. The van der Waals surface area contributed by atoms with Gasteiger partial charge in [-0.1, -0.05) is 42.5 Å². The maximum Gasteiger partial charge on any atom is 0.247 e. The van der Waals surface area contributed by atoms with Gasteiger partial charge in [0, 0.05) is 30.7 Å². The van der Waals surface area contributed by atoms with E-state index in [-0.39, 0.29) is 16.9 Å². The second kappa shape index (κ2) is 10.6. The normalized spacial score (nSPS) is 26.3. The SMILES string of the molecule is Cc1nc2ccccc2n1[C@H]1C[C@H]2CC[C@@](C)(C1)N2CCC1(c2ccccc2)CCN(C(=O)C(C)(C)NC=O)CC1. The van der Waals surface area contributed by atoms with E-state index in [2.05, 4.69) is 83.2 Å². The number of imidazole rings is 1. The van der Waals surface area contributed by atoms with Crippen molar-refractivity contribution < 1.29 is 9.59 Å². The van der Waals surface area contributed by atoms with E-state index in [0.717, 1.165) is 43.6 Å². The molecule has 0 spiro atoms. The maximum absolute atomic E-state index is 13.2. The first-order chi connectivity index (χ1) is 19.7. The topological polar surface area (TPSA) is 70.5 Å². The molecule has 3 saturated heterocycles. The molecule has 6 rings (SSSR count). The van der Waals surface area contributed by atoms with Crippen molar-refractivity contribution in [3.8, 4) is 0 Å². The summed E-state index contributed by atoms with van der Waals surface area (Å²) in [7, 11) is 0. The fourth-order valence-corrected chi connectivity index (χ4v) is 8.41. The summed E-state index contributed by atoms with van der Waals surface area (Å²) in [5.41, 5.74) is 3.11. The van der Waals surface area contributed by atoms with Gasteiger partial charge in [-0.2, -0.15) is 0 Å². The van der Waals surface area contributed by atoms with E-state index >= 15 is 0 Å². The smallest absolute Gasteiger partial charge is 0.247 e. The third-order valence-corrected chi connectivity index (χ3v) is 10.7. The molecule has 0 aliphatic carbocycles. The Balaban J connectivity index is 1.19. The molecule has 7 heteroatoms. The second-order valence-electron chi connectivity index (χ2n) is 13.6. The fraction of sp³-hybridized carbons (Fsp3) is 0.559. The first-order valence-electron chi connectivity index (χ1n) is 15.4. The Morgan fingerprint density at radius 2 is 1.76 bits per heavy atom. The second-order valence-corrected chi connectivity index (χ2v) is 13.6. The van der Waals surface area contributed by atoms with Crippen LogP contribution in [0, 0.1) is 6.92 Å². The lowest BCUT2D eigenvalue weighted by Gasteiger charge is -2.49. The monoisotopic (exact) mass is 555 g/mol. The average Bonchev–Trinajstić information content (AvgIpc) is 3.40. The minimum absolute atomic E-state index is 0.00112. The highest BCUT2D eigenvalue weighted by molar-refractivity contribution is 5.87. The highest BCUT2D eigenvalue weighted by Crippen LogP contribution is 2.50. The number of amides is 2. The maximum atomic E-state index is 13.2. The number of aromatic nitrogens is 2. The number of piperidine rings is 2. The van der Waals surface area contributed by atoms with Crippen molar-refractivity contribution in [2.45, 2.75) is 101 Å². The van der Waals surface area contributed by atoms with Gasteiger partial charge in [-0.25, -0.2) is 4.98 Å². The molecule has 1 aromatic heterocycles. The van der Waals surface area contributed by atoms with Crippen LogP contribution in [-0.4, -0.2) is 68.4 Å². The summed E-state index contributed by atoms with van der Waals surface area (Å²) in [6.07, 6.45) is 8.46. The average molecular weight is 556 g/mol. The number of carbonyl (C=O) groups excluding carboxylic acids is 2. The first kappa shape index (κ1) is 28.0. The summed E-state index contributed by atoms with van der Waals surface area (Å²) in [5, 5.41) is 2.70. The zero-order valence-electron chi connectivity index (χ0n) is 25.1. The van der Waals surface area contributed by atoms with Gasteiger partial charge in [0.25, 0.3) is 0 Å². The van der Waals surface area contributed by atoms with Crippen molar-refractivity contribution in [3.05, 3.63) is 66.0 Å². The predicted octanol–water partition coefficient (Wildman–Crippen LogP) is 5.38. The van der Waals surface area contributed by atoms with Gasteiger partial charge in [0.2, 0.25) is 12.3 Å². The van der Waals surface area contributed by atoms with Gasteiger partial charge in [-0.05, 0) is 102 Å². The Morgan fingerprint density at radius 3 is 2.46 bits per heavy atom. The molecule has 1 N–H and O–H groups in total. The molecule has 0 unspecified atom stereocenters. The largest absolute Gasteiger partial charge is 0.345 e. The van der Waals surface area contributed by atoms with Crippen LogP contribution in [0.25, 0.3) is 11.0 Å². The number of hydrogen-bond donors (Lipinski definition) is 1. The van der Waals surface area contributed by atoms with E-state index in [1.54, 1.807) is 13.8 Å². The molecule has 41 heavy (non-hydrogen) atoms. The lowest BCUT2D eigenvalue weighted by Crippen LogP contribution is -2.57. The molecule has 0 saturated carbocycles. The van der Waals surface area contributed by atoms with Gasteiger partial charge >= 0.3 is 0 Å². The Morgan fingerprint density at radius 1 is 1.05 bits per heavy atom. The van der Waals surface area contributed by atoms with Gasteiger partial charge in [-0.15, -0.1) is 0 Å². The molecule has 3 fully saturated rings. The van der Waals surface area contributed by atoms with Crippen molar-refractivity contribution in [1.29, 1.82) is 0 Å². The third-order valence-electron chi connectivity index (χ3n) is 10.7. The van der Waals surface area contributed by atoms with E-state index < -0.39 is 5.54 Å². The molecule has 3 aliphatic rings. The third kappa shape index (κ3) is 4.96. The van der Waals surface area contributed by atoms with Crippen LogP contribution < -0.4 is 5.32 Å². The standard InChI is InChI=1S/C34H45N5O2/c1-25-36-29-12-8-9-13-30(29)39(25)28-22-27-14-15-33(4,23-28)38(27)21-18-34(26-10-6-5-7-11-26)16-19-37(20-17-34)31(41)32(2,3)35-24-40/h5-13,24,27-28H,14-23H2,1-4H3,(H,35,40)/t27-,28+,33+/m1/s1. The van der Waals surface area contributed by atoms with Crippen LogP contribution in [0.5, 0.6) is 0 Å². The molecule has 218 valence electrons. The molecule has 0 radical (unpaired) electrons. The highest BCUT2D eigenvalue weighted by atomic mass is 16.2. The molecule has 3 atom stereocenters. The summed E-state index contributed by atoms with van der Waals surface area (Å²) in [6, 6.07) is 20.6. The molecular weight excluding hydrogens is 510 g/mol. The number of carbonyl (C=O) groups is 2. The number of fused-ring (bicyclic) bond motifs is 3. The zero-order valence-corrected chi connectivity index (χ0v) is 25.1. The van der Waals surface area contributed by atoms with Crippen LogP contribution in [0.4, 0.5) is 0 Å².